The van der Waals surface area contributed by atoms with E-state index >= 15 is 0 Å². The van der Waals surface area contributed by atoms with E-state index in [-0.39, 0.29) is 0 Å². The van der Waals surface area contributed by atoms with Gasteiger partial charge in [-0.3, -0.25) is 0 Å². The molecule has 16 heavy (non-hydrogen) atoms. The SMILES string of the molecule is Cc1cccc(N)c1OC1CCCC(C)C1. The molecule has 0 spiro atoms. The van der Waals surface area contributed by atoms with Crippen molar-refractivity contribution in [1.82, 2.24) is 0 Å². The van der Waals surface area contributed by atoms with Gasteiger partial charge in [-0.05, 0) is 43.7 Å². The molecular weight excluding hydrogens is 198 g/mol. The molecule has 0 amide bonds. The Kier molecular flexibility index (Phi) is 3.37. The fraction of sp³-hybridized carbons (Fsp3) is 0.571. The van der Waals surface area contributed by atoms with Crippen LogP contribution in [0, 0.1) is 12.8 Å². The first-order valence-electron chi connectivity index (χ1n) is 6.18. The molecule has 0 aliphatic heterocycles. The minimum Gasteiger partial charge on any atom is -0.488 e. The van der Waals surface area contributed by atoms with Gasteiger partial charge < -0.3 is 10.5 Å². The molecule has 1 aliphatic rings. The second-order valence-electron chi connectivity index (χ2n) is 5.00. The van der Waals surface area contributed by atoms with Gasteiger partial charge in [0.15, 0.2) is 0 Å². The Hall–Kier alpha value is -1.18. The van der Waals surface area contributed by atoms with E-state index in [9.17, 15) is 0 Å². The Morgan fingerprint density at radius 1 is 1.31 bits per heavy atom. The Balaban J connectivity index is 2.08. The highest BCUT2D eigenvalue weighted by Gasteiger charge is 2.21. The Morgan fingerprint density at radius 2 is 2.12 bits per heavy atom. The summed E-state index contributed by atoms with van der Waals surface area (Å²) in [6.07, 6.45) is 5.29. The molecule has 0 radical (unpaired) electrons. The zero-order chi connectivity index (χ0) is 11.5. The molecule has 2 nitrogen and oxygen atoms in total. The lowest BCUT2D eigenvalue weighted by atomic mass is 9.88. The Labute approximate surface area is 97.8 Å². The molecule has 1 fully saturated rings. The van der Waals surface area contributed by atoms with E-state index in [4.69, 9.17) is 10.5 Å². The number of para-hydroxylation sites is 1. The molecule has 2 N–H and O–H groups in total. The van der Waals surface area contributed by atoms with Crippen molar-refractivity contribution in [3.8, 4) is 5.75 Å². The summed E-state index contributed by atoms with van der Waals surface area (Å²) in [6, 6.07) is 5.94. The number of nitrogens with two attached hydrogens (primary N) is 1. The van der Waals surface area contributed by atoms with Crippen molar-refractivity contribution in [3.05, 3.63) is 23.8 Å². The van der Waals surface area contributed by atoms with E-state index in [1.54, 1.807) is 0 Å². The summed E-state index contributed by atoms with van der Waals surface area (Å²) >= 11 is 0. The predicted molar refractivity (Wildman–Crippen MR) is 67.6 cm³/mol. The number of ether oxygens (including phenoxy) is 1. The van der Waals surface area contributed by atoms with Gasteiger partial charge in [-0.15, -0.1) is 0 Å². The summed E-state index contributed by atoms with van der Waals surface area (Å²) in [6.45, 7) is 4.36. The number of hydrogen-bond acceptors (Lipinski definition) is 2. The van der Waals surface area contributed by atoms with Crippen molar-refractivity contribution >= 4 is 5.69 Å². The maximum absolute atomic E-state index is 6.06. The molecule has 0 heterocycles. The van der Waals surface area contributed by atoms with Crippen LogP contribution in [0.2, 0.25) is 0 Å². The van der Waals surface area contributed by atoms with Crippen LogP contribution >= 0.6 is 0 Å². The molecule has 2 unspecified atom stereocenters. The molecule has 0 bridgehead atoms. The number of aryl methyl sites for hydroxylation is 1. The molecule has 1 aromatic carbocycles. The van der Waals surface area contributed by atoms with Gasteiger partial charge in [0, 0.05) is 0 Å². The second-order valence-corrected chi connectivity index (χ2v) is 5.00. The van der Waals surface area contributed by atoms with Gasteiger partial charge in [0.25, 0.3) is 0 Å². The third kappa shape index (κ3) is 2.49. The summed E-state index contributed by atoms with van der Waals surface area (Å²) in [7, 11) is 0. The van der Waals surface area contributed by atoms with E-state index in [1.807, 2.05) is 12.1 Å². The van der Waals surface area contributed by atoms with Crippen LogP contribution in [0.25, 0.3) is 0 Å². The Bertz CT molecular complexity index is 342. The molecule has 1 aliphatic carbocycles. The monoisotopic (exact) mass is 219 g/mol. The summed E-state index contributed by atoms with van der Waals surface area (Å²) < 4.78 is 6.06. The normalized spacial score (nSPS) is 25.4. The van der Waals surface area contributed by atoms with Crippen molar-refractivity contribution in [2.45, 2.75) is 45.6 Å². The first kappa shape index (κ1) is 11.3. The minimum atomic E-state index is 0.354. The number of benzene rings is 1. The van der Waals surface area contributed by atoms with Gasteiger partial charge in [-0.1, -0.05) is 25.5 Å². The molecule has 0 aromatic heterocycles. The fourth-order valence-electron chi connectivity index (χ4n) is 2.49. The zero-order valence-electron chi connectivity index (χ0n) is 10.2. The van der Waals surface area contributed by atoms with Crippen LogP contribution in [-0.4, -0.2) is 6.10 Å². The van der Waals surface area contributed by atoms with E-state index < -0.39 is 0 Å². The average molecular weight is 219 g/mol. The lowest BCUT2D eigenvalue weighted by molar-refractivity contribution is 0.129. The zero-order valence-corrected chi connectivity index (χ0v) is 10.2. The summed E-state index contributed by atoms with van der Waals surface area (Å²) in [4.78, 5) is 0. The van der Waals surface area contributed by atoms with Gasteiger partial charge in [-0.25, -0.2) is 0 Å². The van der Waals surface area contributed by atoms with Gasteiger partial charge in [0.05, 0.1) is 11.8 Å². The highest BCUT2D eigenvalue weighted by Crippen LogP contribution is 2.32. The molecule has 88 valence electrons. The second kappa shape index (κ2) is 4.77. The van der Waals surface area contributed by atoms with Crippen molar-refractivity contribution in [3.63, 3.8) is 0 Å². The van der Waals surface area contributed by atoms with Crippen LogP contribution in [0.1, 0.15) is 38.2 Å². The number of nitrogen functional groups attached to an aromatic ring is 1. The van der Waals surface area contributed by atoms with Crippen LogP contribution < -0.4 is 10.5 Å². The first-order valence-corrected chi connectivity index (χ1v) is 6.18. The van der Waals surface area contributed by atoms with Crippen LogP contribution in [0.5, 0.6) is 5.75 Å². The predicted octanol–water partition coefficient (Wildman–Crippen LogP) is 3.53. The van der Waals surface area contributed by atoms with E-state index in [2.05, 4.69) is 19.9 Å². The topological polar surface area (TPSA) is 35.2 Å². The maximum atomic E-state index is 6.06. The molecular formula is C14H21NO. The summed E-state index contributed by atoms with van der Waals surface area (Å²) in [5.41, 5.74) is 7.85. The maximum Gasteiger partial charge on any atom is 0.145 e. The molecule has 2 heteroatoms. The quantitative estimate of drug-likeness (QED) is 0.772. The molecule has 2 atom stereocenters. The van der Waals surface area contributed by atoms with E-state index in [0.29, 0.717) is 6.10 Å². The number of hydrogen-bond donors (Lipinski definition) is 1. The van der Waals surface area contributed by atoms with E-state index in [1.165, 1.54) is 12.8 Å². The standard InChI is InChI=1S/C14H21NO/c1-10-5-3-7-12(9-10)16-14-11(2)6-4-8-13(14)15/h4,6,8,10,12H,3,5,7,9,15H2,1-2H3. The minimum absolute atomic E-state index is 0.354. The summed E-state index contributed by atoms with van der Waals surface area (Å²) in [5, 5.41) is 0. The lowest BCUT2D eigenvalue weighted by Crippen LogP contribution is -2.24. The lowest BCUT2D eigenvalue weighted by Gasteiger charge is -2.28. The van der Waals surface area contributed by atoms with Crippen LogP contribution in [0.4, 0.5) is 5.69 Å². The van der Waals surface area contributed by atoms with E-state index in [0.717, 1.165) is 35.8 Å². The van der Waals surface area contributed by atoms with Crippen molar-refractivity contribution in [2.75, 3.05) is 5.73 Å². The number of rotatable bonds is 2. The van der Waals surface area contributed by atoms with Crippen molar-refractivity contribution in [2.24, 2.45) is 5.92 Å². The van der Waals surface area contributed by atoms with Crippen LogP contribution in [-0.2, 0) is 0 Å². The van der Waals surface area contributed by atoms with Crippen LogP contribution in [0.15, 0.2) is 18.2 Å². The van der Waals surface area contributed by atoms with Crippen molar-refractivity contribution in [1.29, 1.82) is 0 Å². The summed E-state index contributed by atoms with van der Waals surface area (Å²) in [5.74, 6) is 1.67. The number of anilines is 1. The van der Waals surface area contributed by atoms with Gasteiger partial charge in [-0.2, -0.15) is 0 Å². The molecule has 2 rings (SSSR count). The third-order valence-electron chi connectivity index (χ3n) is 3.42. The largest absolute Gasteiger partial charge is 0.488 e. The highest BCUT2D eigenvalue weighted by molar-refractivity contribution is 5.56. The van der Waals surface area contributed by atoms with Gasteiger partial charge >= 0.3 is 0 Å². The van der Waals surface area contributed by atoms with Gasteiger partial charge in [0.2, 0.25) is 0 Å². The molecule has 1 aromatic rings. The van der Waals surface area contributed by atoms with Gasteiger partial charge in [0.1, 0.15) is 5.75 Å². The first-order chi connectivity index (χ1) is 7.66. The third-order valence-corrected chi connectivity index (χ3v) is 3.42. The Morgan fingerprint density at radius 3 is 2.81 bits per heavy atom. The molecule has 1 saturated carbocycles. The van der Waals surface area contributed by atoms with Crippen LogP contribution in [0.3, 0.4) is 0 Å². The smallest absolute Gasteiger partial charge is 0.145 e. The fourth-order valence-corrected chi connectivity index (χ4v) is 2.49. The highest BCUT2D eigenvalue weighted by atomic mass is 16.5. The average Bonchev–Trinajstić information content (AvgIpc) is 2.24. The van der Waals surface area contributed by atoms with Crippen molar-refractivity contribution < 1.29 is 4.74 Å². The molecule has 0 saturated heterocycles.